The molecule has 128 valence electrons. The summed E-state index contributed by atoms with van der Waals surface area (Å²) in [4.78, 5) is 0. The van der Waals surface area contributed by atoms with Gasteiger partial charge in [-0.25, -0.2) is 8.42 Å². The van der Waals surface area contributed by atoms with Crippen molar-refractivity contribution in [1.82, 2.24) is 0 Å². The van der Waals surface area contributed by atoms with Crippen molar-refractivity contribution in [3.8, 4) is 0 Å². The van der Waals surface area contributed by atoms with Crippen LogP contribution >= 0.6 is 0 Å². The summed E-state index contributed by atoms with van der Waals surface area (Å²) in [5.41, 5.74) is 0. The molecule has 2 atom stereocenters. The van der Waals surface area contributed by atoms with E-state index in [2.05, 4.69) is 13.8 Å². The summed E-state index contributed by atoms with van der Waals surface area (Å²) in [7, 11) is -4.40. The van der Waals surface area contributed by atoms with E-state index >= 15 is 0 Å². The van der Waals surface area contributed by atoms with Gasteiger partial charge < -0.3 is 9.66 Å². The van der Waals surface area contributed by atoms with Crippen LogP contribution in [-0.4, -0.2) is 29.4 Å². The largest absolute Gasteiger partial charge is 1.00 e. The van der Waals surface area contributed by atoms with Crippen LogP contribution < -0.4 is 51.4 Å². The third-order valence-corrected chi connectivity index (χ3v) is 5.29. The van der Waals surface area contributed by atoms with Gasteiger partial charge in [0.2, 0.25) is 0 Å². The van der Waals surface area contributed by atoms with E-state index in [9.17, 15) is 18.1 Å². The van der Waals surface area contributed by atoms with Crippen LogP contribution in [0.25, 0.3) is 0 Å². The Morgan fingerprint density at radius 3 is 1.73 bits per heavy atom. The molecule has 4 nitrogen and oxygen atoms in total. The molecule has 1 N–H and O–H groups in total. The second-order valence-electron chi connectivity index (χ2n) is 6.00. The van der Waals surface area contributed by atoms with Crippen molar-refractivity contribution in [2.45, 2.75) is 102 Å². The van der Waals surface area contributed by atoms with Crippen LogP contribution in [0.3, 0.4) is 0 Å². The number of rotatable bonds is 14. The molecule has 2 unspecified atom stereocenters. The standard InChI is InChI=1S/C16H34O4S.K/c1-3-5-7-9-10-11-13-15(17)16(21(18,19)20)14-12-8-6-4-2;/h15-17H,3-14H2,1-2H3,(H,18,19,20);/q;+1/p-1. The average molecular weight is 361 g/mol. The Balaban J connectivity index is 0. The summed E-state index contributed by atoms with van der Waals surface area (Å²) in [5.74, 6) is 0. The maximum absolute atomic E-state index is 11.3. The molecule has 0 radical (unpaired) electrons. The molecule has 0 spiro atoms. The molecule has 0 fully saturated rings. The molecule has 0 bridgehead atoms. The monoisotopic (exact) mass is 360 g/mol. The molecule has 0 saturated heterocycles. The number of hydrogen-bond donors (Lipinski definition) is 1. The predicted octanol–water partition coefficient (Wildman–Crippen LogP) is 0.986. The van der Waals surface area contributed by atoms with Crippen LogP contribution in [0.5, 0.6) is 0 Å². The van der Waals surface area contributed by atoms with E-state index in [-0.39, 0.29) is 51.4 Å². The molecule has 0 amide bonds. The minimum Gasteiger partial charge on any atom is -0.748 e. The first-order valence-electron chi connectivity index (χ1n) is 8.56. The summed E-state index contributed by atoms with van der Waals surface area (Å²) in [6.07, 6.45) is 9.96. The van der Waals surface area contributed by atoms with Gasteiger partial charge in [-0.05, 0) is 12.8 Å². The van der Waals surface area contributed by atoms with E-state index in [1.54, 1.807) is 0 Å². The van der Waals surface area contributed by atoms with Gasteiger partial charge in [0.1, 0.15) is 10.1 Å². The van der Waals surface area contributed by atoms with Gasteiger partial charge in [-0.15, -0.1) is 0 Å². The van der Waals surface area contributed by atoms with Gasteiger partial charge in [0, 0.05) is 0 Å². The van der Waals surface area contributed by atoms with Gasteiger partial charge in [-0.1, -0.05) is 78.1 Å². The predicted molar refractivity (Wildman–Crippen MR) is 86.2 cm³/mol. The zero-order chi connectivity index (χ0) is 16.1. The summed E-state index contributed by atoms with van der Waals surface area (Å²) in [6, 6.07) is 0. The van der Waals surface area contributed by atoms with E-state index < -0.39 is 21.5 Å². The number of aliphatic hydroxyl groups excluding tert-OH is 1. The van der Waals surface area contributed by atoms with Gasteiger partial charge in [-0.3, -0.25) is 0 Å². The summed E-state index contributed by atoms with van der Waals surface area (Å²) < 4.78 is 33.9. The number of aliphatic hydroxyl groups is 1. The van der Waals surface area contributed by atoms with Crippen LogP contribution in [0, 0.1) is 0 Å². The minimum absolute atomic E-state index is 0. The van der Waals surface area contributed by atoms with Gasteiger partial charge in [-0.2, -0.15) is 0 Å². The molecule has 0 aromatic heterocycles. The zero-order valence-corrected chi connectivity index (χ0v) is 18.7. The molecule has 0 rings (SSSR count). The summed E-state index contributed by atoms with van der Waals surface area (Å²) >= 11 is 0. The third-order valence-electron chi connectivity index (χ3n) is 4.00. The molecule has 0 aliphatic heterocycles. The Morgan fingerprint density at radius 1 is 0.818 bits per heavy atom. The third kappa shape index (κ3) is 13.9. The van der Waals surface area contributed by atoms with Crippen molar-refractivity contribution in [2.24, 2.45) is 0 Å². The van der Waals surface area contributed by atoms with Crippen LogP contribution in [-0.2, 0) is 10.1 Å². The second-order valence-corrected chi connectivity index (χ2v) is 7.60. The molecule has 22 heavy (non-hydrogen) atoms. The normalized spacial score (nSPS) is 14.4. The molecule has 0 aliphatic rings. The smallest absolute Gasteiger partial charge is 0.748 e. The van der Waals surface area contributed by atoms with E-state index in [1.807, 2.05) is 0 Å². The molecule has 0 heterocycles. The van der Waals surface area contributed by atoms with Crippen molar-refractivity contribution in [1.29, 1.82) is 0 Å². The van der Waals surface area contributed by atoms with Gasteiger partial charge in [0.25, 0.3) is 0 Å². The quantitative estimate of drug-likeness (QED) is 0.285. The molecule has 0 saturated carbocycles. The minimum atomic E-state index is -4.40. The van der Waals surface area contributed by atoms with Crippen molar-refractivity contribution in [3.05, 3.63) is 0 Å². The first kappa shape index (κ1) is 25.7. The molecule has 0 aromatic rings. The fraction of sp³-hybridized carbons (Fsp3) is 1.00. The van der Waals surface area contributed by atoms with Crippen LogP contribution in [0.1, 0.15) is 90.9 Å². The molecule has 0 aromatic carbocycles. The molecule has 6 heteroatoms. The van der Waals surface area contributed by atoms with Crippen LogP contribution in [0.4, 0.5) is 0 Å². The first-order chi connectivity index (χ1) is 9.93. The SMILES string of the molecule is CCCCCCCCC(O)C(CCCCCC)S(=O)(=O)[O-].[K+]. The van der Waals surface area contributed by atoms with Gasteiger partial charge >= 0.3 is 51.4 Å². The molecule has 0 aliphatic carbocycles. The van der Waals surface area contributed by atoms with Crippen molar-refractivity contribution in [3.63, 3.8) is 0 Å². The Kier molecular flexibility index (Phi) is 18.7. The summed E-state index contributed by atoms with van der Waals surface area (Å²) in [6.45, 7) is 4.24. The molecular weight excluding hydrogens is 327 g/mol. The van der Waals surface area contributed by atoms with Crippen molar-refractivity contribution in [2.75, 3.05) is 0 Å². The number of unbranched alkanes of at least 4 members (excludes halogenated alkanes) is 8. The Hall–Kier alpha value is 1.51. The van der Waals surface area contributed by atoms with Crippen LogP contribution in [0.15, 0.2) is 0 Å². The van der Waals surface area contributed by atoms with Gasteiger partial charge in [0.05, 0.1) is 11.4 Å². The van der Waals surface area contributed by atoms with Crippen molar-refractivity contribution >= 4 is 10.1 Å². The van der Waals surface area contributed by atoms with E-state index in [1.165, 1.54) is 19.3 Å². The summed E-state index contributed by atoms with van der Waals surface area (Å²) in [5, 5.41) is 8.90. The van der Waals surface area contributed by atoms with E-state index in [0.717, 1.165) is 38.5 Å². The Labute approximate surface area is 180 Å². The number of hydrogen-bond acceptors (Lipinski definition) is 4. The van der Waals surface area contributed by atoms with Crippen molar-refractivity contribution < 1.29 is 69.5 Å². The topological polar surface area (TPSA) is 77.4 Å². The van der Waals surface area contributed by atoms with Gasteiger partial charge in [0.15, 0.2) is 0 Å². The Bertz CT molecular complexity index is 333. The second kappa shape index (κ2) is 16.0. The van der Waals surface area contributed by atoms with E-state index in [4.69, 9.17) is 0 Å². The zero-order valence-electron chi connectivity index (χ0n) is 14.7. The average Bonchev–Trinajstić information content (AvgIpc) is 2.41. The van der Waals surface area contributed by atoms with Crippen LogP contribution in [0.2, 0.25) is 0 Å². The fourth-order valence-electron chi connectivity index (χ4n) is 2.62. The maximum Gasteiger partial charge on any atom is 1.00 e. The van der Waals surface area contributed by atoms with E-state index in [0.29, 0.717) is 19.3 Å². The Morgan fingerprint density at radius 2 is 1.23 bits per heavy atom. The maximum atomic E-state index is 11.3. The first-order valence-corrected chi connectivity index (χ1v) is 10.0. The molecular formula is C16H33KO4S. The fourth-order valence-corrected chi connectivity index (χ4v) is 3.60.